The quantitative estimate of drug-likeness (QED) is 0.543. The van der Waals surface area contributed by atoms with E-state index in [0.717, 1.165) is 5.56 Å². The molecule has 0 spiro atoms. The summed E-state index contributed by atoms with van der Waals surface area (Å²) in [6.45, 7) is 6.56. The Morgan fingerprint density at radius 2 is 1.80 bits per heavy atom. The average molecular weight is 402 g/mol. The molecule has 4 rings (SSSR count). The molecule has 152 valence electrons. The Morgan fingerprint density at radius 1 is 1.07 bits per heavy atom. The first kappa shape index (κ1) is 19.5. The van der Waals surface area contributed by atoms with Crippen molar-refractivity contribution in [1.82, 2.24) is 24.9 Å². The standard InChI is InChI=1S/C22H22N6O2/c1-22(2,3)20-25-19(30-27-20)17-12-8-7-11-16(17)18(29)24-21-23-14-28(26-21)13-15-9-5-4-6-10-15/h4-12,14H,13H2,1-3H3,(H,24,26,29). The van der Waals surface area contributed by atoms with E-state index in [-0.39, 0.29) is 17.3 Å². The highest BCUT2D eigenvalue weighted by atomic mass is 16.5. The molecular weight excluding hydrogens is 380 g/mol. The molecule has 2 aromatic carbocycles. The molecule has 0 saturated carbocycles. The molecule has 0 atom stereocenters. The number of amides is 1. The molecule has 0 aliphatic carbocycles. The second kappa shape index (κ2) is 7.90. The van der Waals surface area contributed by atoms with Crippen LogP contribution in [0.25, 0.3) is 11.5 Å². The number of anilines is 1. The highest BCUT2D eigenvalue weighted by molar-refractivity contribution is 6.07. The van der Waals surface area contributed by atoms with E-state index in [2.05, 4.69) is 25.5 Å². The van der Waals surface area contributed by atoms with Crippen LogP contribution in [-0.2, 0) is 12.0 Å². The van der Waals surface area contributed by atoms with Crippen molar-refractivity contribution >= 4 is 11.9 Å². The van der Waals surface area contributed by atoms with Crippen molar-refractivity contribution < 1.29 is 9.32 Å². The molecule has 2 heterocycles. The predicted octanol–water partition coefficient (Wildman–Crippen LogP) is 3.93. The SMILES string of the molecule is CC(C)(C)c1noc(-c2ccccc2C(=O)Nc2ncn(Cc3ccccc3)n2)n1. The number of rotatable bonds is 5. The largest absolute Gasteiger partial charge is 0.334 e. The highest BCUT2D eigenvalue weighted by Crippen LogP contribution is 2.26. The van der Waals surface area contributed by atoms with Gasteiger partial charge in [0, 0.05) is 5.41 Å². The van der Waals surface area contributed by atoms with Crippen LogP contribution in [0.5, 0.6) is 0 Å². The molecule has 2 aromatic heterocycles. The van der Waals surface area contributed by atoms with Gasteiger partial charge in [0.2, 0.25) is 5.95 Å². The zero-order valence-corrected chi connectivity index (χ0v) is 17.0. The first-order valence-corrected chi connectivity index (χ1v) is 9.58. The first-order chi connectivity index (χ1) is 14.4. The summed E-state index contributed by atoms with van der Waals surface area (Å²) in [5, 5.41) is 11.1. The summed E-state index contributed by atoms with van der Waals surface area (Å²) in [7, 11) is 0. The molecule has 0 saturated heterocycles. The molecule has 4 aromatic rings. The van der Waals surface area contributed by atoms with Crippen molar-refractivity contribution in [2.75, 3.05) is 5.32 Å². The molecule has 30 heavy (non-hydrogen) atoms. The molecule has 0 bridgehead atoms. The second-order valence-corrected chi connectivity index (χ2v) is 7.92. The minimum Gasteiger partial charge on any atom is -0.334 e. The number of carbonyl (C=O) groups is 1. The zero-order valence-electron chi connectivity index (χ0n) is 17.0. The molecule has 0 unspecified atom stereocenters. The number of aromatic nitrogens is 5. The Balaban J connectivity index is 1.53. The van der Waals surface area contributed by atoms with Crippen molar-refractivity contribution in [1.29, 1.82) is 0 Å². The van der Waals surface area contributed by atoms with Crippen molar-refractivity contribution in [3.8, 4) is 11.5 Å². The van der Waals surface area contributed by atoms with Crippen LogP contribution >= 0.6 is 0 Å². The maximum Gasteiger partial charge on any atom is 0.258 e. The number of carbonyl (C=O) groups excluding carboxylic acids is 1. The van der Waals surface area contributed by atoms with Crippen molar-refractivity contribution in [3.63, 3.8) is 0 Å². The number of nitrogens with one attached hydrogen (secondary N) is 1. The molecular formula is C22H22N6O2. The fourth-order valence-electron chi connectivity index (χ4n) is 2.87. The van der Waals surface area contributed by atoms with Crippen LogP contribution in [0, 0.1) is 0 Å². The van der Waals surface area contributed by atoms with Gasteiger partial charge in [-0.05, 0) is 17.7 Å². The highest BCUT2D eigenvalue weighted by Gasteiger charge is 2.24. The second-order valence-electron chi connectivity index (χ2n) is 7.92. The first-order valence-electron chi connectivity index (χ1n) is 9.58. The minimum atomic E-state index is -0.349. The molecule has 1 amide bonds. The molecule has 0 aliphatic heterocycles. The fourth-order valence-corrected chi connectivity index (χ4v) is 2.87. The number of nitrogens with zero attached hydrogens (tertiary/aromatic N) is 5. The maximum atomic E-state index is 12.9. The molecule has 0 aliphatic rings. The van der Waals surface area contributed by atoms with E-state index >= 15 is 0 Å². The van der Waals surface area contributed by atoms with Crippen LogP contribution < -0.4 is 5.32 Å². The lowest BCUT2D eigenvalue weighted by Crippen LogP contribution is -2.15. The number of hydrogen-bond donors (Lipinski definition) is 1. The van der Waals surface area contributed by atoms with Crippen molar-refractivity contribution in [2.24, 2.45) is 0 Å². The monoisotopic (exact) mass is 402 g/mol. The van der Waals surface area contributed by atoms with E-state index in [1.54, 1.807) is 29.2 Å². The summed E-state index contributed by atoms with van der Waals surface area (Å²) in [6.07, 6.45) is 1.59. The van der Waals surface area contributed by atoms with Crippen LogP contribution in [-0.4, -0.2) is 30.8 Å². The third-order valence-electron chi connectivity index (χ3n) is 4.45. The van der Waals surface area contributed by atoms with Crippen LogP contribution in [0.4, 0.5) is 5.95 Å². The lowest BCUT2D eigenvalue weighted by Gasteiger charge is -2.11. The van der Waals surface area contributed by atoms with Gasteiger partial charge in [-0.25, -0.2) is 9.67 Å². The van der Waals surface area contributed by atoms with Crippen molar-refractivity contribution in [3.05, 3.63) is 77.9 Å². The fraction of sp³-hybridized carbons (Fsp3) is 0.227. The van der Waals surface area contributed by atoms with Gasteiger partial charge in [-0.2, -0.15) is 4.98 Å². The molecule has 0 fully saturated rings. The number of benzene rings is 2. The van der Waals surface area contributed by atoms with Gasteiger partial charge < -0.3 is 4.52 Å². The summed E-state index contributed by atoms with van der Waals surface area (Å²) in [5.74, 6) is 0.757. The van der Waals surface area contributed by atoms with Gasteiger partial charge in [-0.1, -0.05) is 68.4 Å². The van der Waals surface area contributed by atoms with E-state index in [4.69, 9.17) is 4.52 Å². The molecule has 0 radical (unpaired) electrons. The third kappa shape index (κ3) is 4.27. The zero-order chi connectivity index (χ0) is 21.1. The van der Waals surface area contributed by atoms with E-state index < -0.39 is 0 Å². The minimum absolute atomic E-state index is 0.228. The molecule has 1 N–H and O–H groups in total. The summed E-state index contributed by atoms with van der Waals surface area (Å²) in [4.78, 5) is 21.5. The Hall–Kier alpha value is -3.81. The Kier molecular flexibility index (Phi) is 5.14. The lowest BCUT2D eigenvalue weighted by molar-refractivity contribution is 0.102. The van der Waals surface area contributed by atoms with Crippen LogP contribution in [0.3, 0.4) is 0 Å². The predicted molar refractivity (Wildman–Crippen MR) is 112 cm³/mol. The Labute approximate surface area is 174 Å². The van der Waals surface area contributed by atoms with Crippen LogP contribution in [0.2, 0.25) is 0 Å². The van der Waals surface area contributed by atoms with Gasteiger partial charge in [0.25, 0.3) is 11.8 Å². The summed E-state index contributed by atoms with van der Waals surface area (Å²) in [5.41, 5.74) is 1.80. The average Bonchev–Trinajstić information content (AvgIpc) is 3.38. The van der Waals surface area contributed by atoms with E-state index in [9.17, 15) is 4.79 Å². The molecule has 8 nitrogen and oxygen atoms in total. The smallest absolute Gasteiger partial charge is 0.258 e. The van der Waals surface area contributed by atoms with Crippen molar-refractivity contribution in [2.45, 2.75) is 32.7 Å². The van der Waals surface area contributed by atoms with E-state index in [0.29, 0.717) is 29.4 Å². The van der Waals surface area contributed by atoms with Gasteiger partial charge in [0.05, 0.1) is 17.7 Å². The van der Waals surface area contributed by atoms with Crippen LogP contribution in [0.1, 0.15) is 42.5 Å². The normalized spacial score (nSPS) is 11.4. The summed E-state index contributed by atoms with van der Waals surface area (Å²) in [6, 6.07) is 17.0. The van der Waals surface area contributed by atoms with E-state index in [1.807, 2.05) is 57.2 Å². The third-order valence-corrected chi connectivity index (χ3v) is 4.45. The molecule has 8 heteroatoms. The topological polar surface area (TPSA) is 98.7 Å². The lowest BCUT2D eigenvalue weighted by atomic mass is 9.96. The summed E-state index contributed by atoms with van der Waals surface area (Å²) >= 11 is 0. The van der Waals surface area contributed by atoms with Gasteiger partial charge in [0.1, 0.15) is 6.33 Å². The Bertz CT molecular complexity index is 1160. The van der Waals surface area contributed by atoms with Crippen LogP contribution in [0.15, 0.2) is 65.4 Å². The Morgan fingerprint density at radius 3 is 2.53 bits per heavy atom. The maximum absolute atomic E-state index is 12.9. The van der Waals surface area contributed by atoms with Gasteiger partial charge in [0.15, 0.2) is 5.82 Å². The van der Waals surface area contributed by atoms with Gasteiger partial charge in [-0.3, -0.25) is 10.1 Å². The van der Waals surface area contributed by atoms with Gasteiger partial charge >= 0.3 is 0 Å². The van der Waals surface area contributed by atoms with E-state index in [1.165, 1.54) is 0 Å². The number of hydrogen-bond acceptors (Lipinski definition) is 6. The summed E-state index contributed by atoms with van der Waals surface area (Å²) < 4.78 is 7.08. The van der Waals surface area contributed by atoms with Gasteiger partial charge in [-0.15, -0.1) is 5.10 Å².